The fourth-order valence-electron chi connectivity index (χ4n) is 2.53. The van der Waals surface area contributed by atoms with E-state index in [0.29, 0.717) is 10.5 Å². The number of aromatic hydroxyl groups is 1. The predicted molar refractivity (Wildman–Crippen MR) is 87.4 cm³/mol. The number of hydrogen-bond donors (Lipinski definition) is 2. The van der Waals surface area contributed by atoms with Gasteiger partial charge in [-0.25, -0.2) is 4.79 Å². The second-order valence-corrected chi connectivity index (χ2v) is 5.50. The van der Waals surface area contributed by atoms with E-state index in [4.69, 9.17) is 11.6 Å². The van der Waals surface area contributed by atoms with Crippen molar-refractivity contribution in [3.05, 3.63) is 75.0 Å². The first-order valence-corrected chi connectivity index (χ1v) is 7.19. The van der Waals surface area contributed by atoms with E-state index in [1.165, 1.54) is 10.6 Å². The highest BCUT2D eigenvalue weighted by atomic mass is 35.5. The van der Waals surface area contributed by atoms with Crippen LogP contribution in [-0.4, -0.2) is 20.7 Å². The van der Waals surface area contributed by atoms with Crippen molar-refractivity contribution in [1.29, 1.82) is 0 Å². The van der Waals surface area contributed by atoms with Gasteiger partial charge >= 0.3 is 5.97 Å². The number of benzene rings is 2. The molecule has 0 spiro atoms. The Labute approximate surface area is 136 Å². The van der Waals surface area contributed by atoms with E-state index in [9.17, 15) is 19.8 Å². The number of aromatic carboxylic acids is 1. The van der Waals surface area contributed by atoms with Crippen molar-refractivity contribution >= 4 is 28.5 Å². The molecule has 1 heterocycles. The Morgan fingerprint density at radius 3 is 2.48 bits per heavy atom. The molecule has 0 unspecified atom stereocenters. The van der Waals surface area contributed by atoms with Crippen molar-refractivity contribution in [3.63, 3.8) is 0 Å². The second-order valence-electron chi connectivity index (χ2n) is 5.07. The lowest BCUT2D eigenvalue weighted by Crippen LogP contribution is -2.27. The third kappa shape index (κ3) is 2.66. The molecule has 0 saturated carbocycles. The Kier molecular flexibility index (Phi) is 3.80. The summed E-state index contributed by atoms with van der Waals surface area (Å²) in [6.07, 6.45) is 0. The van der Waals surface area contributed by atoms with Gasteiger partial charge in [0.15, 0.2) is 5.56 Å². The van der Waals surface area contributed by atoms with E-state index in [2.05, 4.69) is 0 Å². The van der Waals surface area contributed by atoms with Gasteiger partial charge in [-0.1, -0.05) is 41.9 Å². The molecule has 0 saturated heterocycles. The Bertz CT molecular complexity index is 964. The van der Waals surface area contributed by atoms with Crippen LogP contribution in [0.25, 0.3) is 10.9 Å². The molecule has 3 aromatic rings. The summed E-state index contributed by atoms with van der Waals surface area (Å²) >= 11 is 5.93. The predicted octanol–water partition coefficient (Wildman–Crippen LogP) is 3.11. The third-order valence-corrected chi connectivity index (χ3v) is 3.83. The Morgan fingerprint density at radius 2 is 1.83 bits per heavy atom. The second kappa shape index (κ2) is 5.78. The van der Waals surface area contributed by atoms with Gasteiger partial charge in [-0.05, 0) is 23.8 Å². The number of aromatic nitrogens is 1. The van der Waals surface area contributed by atoms with Gasteiger partial charge in [0.25, 0.3) is 5.56 Å². The molecule has 23 heavy (non-hydrogen) atoms. The molecule has 0 aliphatic heterocycles. The van der Waals surface area contributed by atoms with Crippen LogP contribution in [0.5, 0.6) is 5.75 Å². The van der Waals surface area contributed by atoms with E-state index in [-0.39, 0.29) is 11.9 Å². The molecule has 2 N–H and O–H groups in total. The summed E-state index contributed by atoms with van der Waals surface area (Å²) in [5.74, 6) is -2.04. The smallest absolute Gasteiger partial charge is 0.345 e. The number of carboxylic acids is 1. The van der Waals surface area contributed by atoms with Gasteiger partial charge in [0.1, 0.15) is 5.75 Å². The van der Waals surface area contributed by atoms with Crippen molar-refractivity contribution in [3.8, 4) is 5.75 Å². The summed E-state index contributed by atoms with van der Waals surface area (Å²) in [5, 5.41) is 20.0. The average Bonchev–Trinajstić information content (AvgIpc) is 2.52. The first-order chi connectivity index (χ1) is 11.0. The number of carboxylic acid groups (broad SMARTS) is 1. The molecule has 0 aliphatic carbocycles. The standard InChI is InChI=1S/C17H12ClNO4/c18-11-6-7-13-12(8-11)15(20)14(17(22)23)16(21)19(13)9-10-4-2-1-3-5-10/h1-8,20H,9H2,(H,22,23). The number of fused-ring (bicyclic) bond motifs is 1. The largest absolute Gasteiger partial charge is 0.506 e. The molecule has 3 rings (SSSR count). The monoisotopic (exact) mass is 329 g/mol. The lowest BCUT2D eigenvalue weighted by molar-refractivity contribution is 0.0691. The number of nitrogens with zero attached hydrogens (tertiary/aromatic N) is 1. The summed E-state index contributed by atoms with van der Waals surface area (Å²) in [6.45, 7) is 0.193. The van der Waals surface area contributed by atoms with E-state index in [1.54, 1.807) is 12.1 Å². The van der Waals surface area contributed by atoms with E-state index in [0.717, 1.165) is 5.56 Å². The Hall–Kier alpha value is -2.79. The third-order valence-electron chi connectivity index (χ3n) is 3.60. The summed E-state index contributed by atoms with van der Waals surface area (Å²) in [7, 11) is 0. The number of carbonyl (C=O) groups is 1. The van der Waals surface area contributed by atoms with Crippen LogP contribution in [0.3, 0.4) is 0 Å². The minimum absolute atomic E-state index is 0.193. The van der Waals surface area contributed by atoms with Crippen LogP contribution in [0.4, 0.5) is 0 Å². The lowest BCUT2D eigenvalue weighted by Gasteiger charge is -2.14. The summed E-state index contributed by atoms with van der Waals surface area (Å²) in [4.78, 5) is 23.9. The van der Waals surface area contributed by atoms with Crippen LogP contribution < -0.4 is 5.56 Å². The highest BCUT2D eigenvalue weighted by Crippen LogP contribution is 2.29. The lowest BCUT2D eigenvalue weighted by atomic mass is 10.1. The Morgan fingerprint density at radius 1 is 1.13 bits per heavy atom. The maximum atomic E-state index is 12.5. The molecule has 2 aromatic carbocycles. The molecule has 0 aliphatic rings. The van der Waals surface area contributed by atoms with Gasteiger partial charge in [-0.2, -0.15) is 0 Å². The zero-order valence-corrected chi connectivity index (χ0v) is 12.6. The molecule has 1 aromatic heterocycles. The summed E-state index contributed by atoms with van der Waals surface area (Å²) < 4.78 is 1.32. The van der Waals surface area contributed by atoms with Crippen molar-refractivity contribution in [1.82, 2.24) is 4.57 Å². The van der Waals surface area contributed by atoms with Gasteiger partial charge < -0.3 is 14.8 Å². The van der Waals surface area contributed by atoms with Gasteiger partial charge in [0.2, 0.25) is 0 Å². The average molecular weight is 330 g/mol. The molecule has 0 atom stereocenters. The highest BCUT2D eigenvalue weighted by Gasteiger charge is 2.21. The fraction of sp³-hybridized carbons (Fsp3) is 0.0588. The molecule has 0 amide bonds. The molecular formula is C17H12ClNO4. The minimum atomic E-state index is -1.48. The number of pyridine rings is 1. The minimum Gasteiger partial charge on any atom is -0.506 e. The zero-order valence-electron chi connectivity index (χ0n) is 11.9. The van der Waals surface area contributed by atoms with Crippen LogP contribution in [0.2, 0.25) is 5.02 Å². The highest BCUT2D eigenvalue weighted by molar-refractivity contribution is 6.31. The summed E-state index contributed by atoms with van der Waals surface area (Å²) in [6, 6.07) is 13.8. The van der Waals surface area contributed by atoms with Gasteiger partial charge in [-0.15, -0.1) is 0 Å². The van der Waals surface area contributed by atoms with Gasteiger partial charge in [-0.3, -0.25) is 4.79 Å². The molecule has 0 radical (unpaired) electrons. The van der Waals surface area contributed by atoms with Crippen molar-refractivity contribution in [2.45, 2.75) is 6.54 Å². The van der Waals surface area contributed by atoms with Gasteiger partial charge in [0.05, 0.1) is 12.1 Å². The van der Waals surface area contributed by atoms with E-state index >= 15 is 0 Å². The first kappa shape index (κ1) is 15.1. The molecule has 6 heteroatoms. The van der Waals surface area contributed by atoms with Gasteiger partial charge in [0, 0.05) is 10.4 Å². The quantitative estimate of drug-likeness (QED) is 0.773. The Balaban J connectivity index is 2.35. The molecular weight excluding hydrogens is 318 g/mol. The van der Waals surface area contributed by atoms with Crippen LogP contribution >= 0.6 is 11.6 Å². The maximum absolute atomic E-state index is 12.5. The van der Waals surface area contributed by atoms with Crippen LogP contribution in [0.15, 0.2) is 53.3 Å². The van der Waals surface area contributed by atoms with Crippen LogP contribution in [0, 0.1) is 0 Å². The maximum Gasteiger partial charge on any atom is 0.345 e. The van der Waals surface area contributed by atoms with E-state index in [1.807, 2.05) is 30.3 Å². The van der Waals surface area contributed by atoms with Crippen molar-refractivity contribution in [2.75, 3.05) is 0 Å². The topological polar surface area (TPSA) is 79.5 Å². The fourth-order valence-corrected chi connectivity index (χ4v) is 2.70. The van der Waals surface area contributed by atoms with Crippen molar-refractivity contribution in [2.24, 2.45) is 0 Å². The van der Waals surface area contributed by atoms with Crippen LogP contribution in [-0.2, 0) is 6.54 Å². The SMILES string of the molecule is O=C(O)c1c(O)c2cc(Cl)ccc2n(Cc2ccccc2)c1=O. The van der Waals surface area contributed by atoms with Crippen molar-refractivity contribution < 1.29 is 15.0 Å². The molecule has 0 bridgehead atoms. The van der Waals surface area contributed by atoms with E-state index < -0.39 is 22.8 Å². The molecule has 5 nitrogen and oxygen atoms in total. The number of halogens is 1. The molecule has 0 fully saturated rings. The number of rotatable bonds is 3. The zero-order chi connectivity index (χ0) is 16.6. The normalized spacial score (nSPS) is 10.8. The summed E-state index contributed by atoms with van der Waals surface area (Å²) in [5.41, 5.74) is -0.150. The molecule has 116 valence electrons. The first-order valence-electron chi connectivity index (χ1n) is 6.81. The van der Waals surface area contributed by atoms with Crippen LogP contribution in [0.1, 0.15) is 15.9 Å². The number of hydrogen-bond acceptors (Lipinski definition) is 3.